The normalized spacial score (nSPS) is 11.9. The molecule has 0 saturated carbocycles. The predicted molar refractivity (Wildman–Crippen MR) is 136 cm³/mol. The third-order valence-corrected chi connectivity index (χ3v) is 4.36. The summed E-state index contributed by atoms with van der Waals surface area (Å²) in [6.07, 6.45) is 4.81. The minimum absolute atomic E-state index is 0. The summed E-state index contributed by atoms with van der Waals surface area (Å²) in [6, 6.07) is 7.89. The summed E-state index contributed by atoms with van der Waals surface area (Å²) < 4.78 is 10.5. The topological polar surface area (TPSA) is 64.6 Å². The third-order valence-electron chi connectivity index (χ3n) is 4.36. The van der Waals surface area contributed by atoms with Crippen LogP contribution in [0.1, 0.15) is 78.1 Å². The van der Waals surface area contributed by atoms with Crippen molar-refractivity contribution >= 4 is 30.6 Å². The summed E-state index contributed by atoms with van der Waals surface area (Å²) in [7, 11) is 1.56. The fourth-order valence-electron chi connectivity index (χ4n) is 2.82. The van der Waals surface area contributed by atoms with E-state index in [-0.39, 0.29) is 31.1 Å². The van der Waals surface area contributed by atoms with Crippen molar-refractivity contribution in [1.82, 2.24) is 5.32 Å². The van der Waals surface area contributed by atoms with Crippen molar-refractivity contribution in [2.75, 3.05) is 7.11 Å². The Kier molecular flexibility index (Phi) is 17.0. The minimum atomic E-state index is -0.775. The molecule has 1 atom stereocenters. The number of benzene rings is 1. The summed E-state index contributed by atoms with van der Waals surface area (Å²) >= 11 is 0. The van der Waals surface area contributed by atoms with E-state index >= 15 is 0 Å². The first-order valence-corrected chi connectivity index (χ1v) is 10.8. The molecule has 0 saturated heterocycles. The Labute approximate surface area is 207 Å². The van der Waals surface area contributed by atoms with Crippen LogP contribution in [0, 0.1) is 0 Å². The molecule has 0 fully saturated rings. The van der Waals surface area contributed by atoms with Gasteiger partial charge in [-0.2, -0.15) is 0 Å². The van der Waals surface area contributed by atoms with Gasteiger partial charge in [-0.25, -0.2) is 0 Å². The second kappa shape index (κ2) is 16.8. The van der Waals surface area contributed by atoms with Gasteiger partial charge in [-0.15, -0.1) is 0 Å². The maximum absolute atomic E-state index is 12.2. The van der Waals surface area contributed by atoms with Gasteiger partial charge in [-0.05, 0) is 64.0 Å². The van der Waals surface area contributed by atoms with E-state index in [9.17, 15) is 9.59 Å². The van der Waals surface area contributed by atoms with E-state index < -0.39 is 11.6 Å². The summed E-state index contributed by atoms with van der Waals surface area (Å²) in [5.74, 6) is -0.165. The summed E-state index contributed by atoms with van der Waals surface area (Å²) in [6.45, 7) is 18.2. The van der Waals surface area contributed by atoms with Crippen molar-refractivity contribution in [3.05, 3.63) is 54.1 Å². The van der Waals surface area contributed by atoms with Gasteiger partial charge in [0.05, 0.1) is 7.11 Å². The molecule has 0 bridgehead atoms. The van der Waals surface area contributed by atoms with Crippen molar-refractivity contribution in [3.8, 4) is 5.75 Å². The number of nitrogens with one attached hydrogen (secondary N) is 1. The fourth-order valence-corrected chi connectivity index (χ4v) is 2.82. The molecule has 0 aliphatic carbocycles. The Hall–Kier alpha value is -1.80. The molecule has 0 heterocycles. The number of ketones is 1. The summed E-state index contributed by atoms with van der Waals surface area (Å²) in [4.78, 5) is 24.2. The molecule has 0 aromatic heterocycles. The first kappa shape index (κ1) is 32.4. The van der Waals surface area contributed by atoms with Crippen molar-refractivity contribution < 1.29 is 19.1 Å². The summed E-state index contributed by atoms with van der Waals surface area (Å²) in [5.41, 5.74) is 0.892. The second-order valence-corrected chi connectivity index (χ2v) is 8.62. The zero-order valence-electron chi connectivity index (χ0n) is 20.6. The SMILES string of the molecule is C=CC(C)(CCC=C(C)C)OC(=O)CC(=O)c1ccc(OC)cc1.CC(C)NC(C)C.[LiH]. The zero-order chi connectivity index (χ0) is 24.0. The number of hydrogen-bond acceptors (Lipinski definition) is 5. The van der Waals surface area contributed by atoms with E-state index in [0.29, 0.717) is 29.8 Å². The van der Waals surface area contributed by atoms with Crippen LogP contribution >= 0.6 is 0 Å². The monoisotopic (exact) mass is 439 g/mol. The van der Waals surface area contributed by atoms with Crippen LogP contribution in [0.25, 0.3) is 0 Å². The number of carbonyl (C=O) groups excluding carboxylic acids is 2. The molecule has 1 N–H and O–H groups in total. The molecule has 1 unspecified atom stereocenters. The van der Waals surface area contributed by atoms with Gasteiger partial charge in [0.2, 0.25) is 0 Å². The van der Waals surface area contributed by atoms with Gasteiger partial charge >= 0.3 is 24.8 Å². The van der Waals surface area contributed by atoms with Crippen molar-refractivity contribution in [2.45, 2.75) is 85.4 Å². The first-order valence-electron chi connectivity index (χ1n) is 10.8. The fraction of sp³-hybridized carbons (Fsp3) is 0.538. The first-order chi connectivity index (χ1) is 14.4. The Morgan fingerprint density at radius 3 is 2.00 bits per heavy atom. The summed E-state index contributed by atoms with van der Waals surface area (Å²) in [5, 5.41) is 3.31. The number of methoxy groups -OCH3 is 1. The van der Waals surface area contributed by atoms with Crippen LogP contribution < -0.4 is 10.1 Å². The number of allylic oxidation sites excluding steroid dienone is 2. The number of rotatable bonds is 11. The van der Waals surface area contributed by atoms with Gasteiger partial charge in [-0.1, -0.05) is 45.9 Å². The average molecular weight is 440 g/mol. The molecule has 0 amide bonds. The Bertz CT molecular complexity index is 716. The van der Waals surface area contributed by atoms with E-state index in [0.717, 1.165) is 6.42 Å². The van der Waals surface area contributed by atoms with Gasteiger partial charge in [0.1, 0.15) is 17.8 Å². The molecular weight excluding hydrogens is 397 g/mol. The number of ether oxygens (including phenoxy) is 2. The zero-order valence-corrected chi connectivity index (χ0v) is 20.6. The van der Waals surface area contributed by atoms with Crippen LogP contribution in [-0.4, -0.2) is 55.4 Å². The van der Waals surface area contributed by atoms with Gasteiger partial charge in [0.25, 0.3) is 0 Å². The van der Waals surface area contributed by atoms with E-state index in [1.54, 1.807) is 44.4 Å². The molecule has 1 rings (SSSR count). The van der Waals surface area contributed by atoms with E-state index in [2.05, 4.69) is 45.7 Å². The molecule has 0 spiro atoms. The van der Waals surface area contributed by atoms with Crippen LogP contribution in [0.15, 0.2) is 48.6 Å². The van der Waals surface area contributed by atoms with Crippen LogP contribution in [0.2, 0.25) is 0 Å². The molecule has 1 aromatic rings. The van der Waals surface area contributed by atoms with E-state index in [1.165, 1.54) is 5.57 Å². The molecule has 0 aliphatic heterocycles. The molecule has 5 nitrogen and oxygen atoms in total. The number of carbonyl (C=O) groups is 2. The Balaban J connectivity index is 0. The van der Waals surface area contributed by atoms with Crippen LogP contribution in [0.3, 0.4) is 0 Å². The number of hydrogen-bond donors (Lipinski definition) is 1. The molecular formula is C26H42LiNO4. The van der Waals surface area contributed by atoms with Gasteiger partial charge in [0.15, 0.2) is 5.78 Å². The van der Waals surface area contributed by atoms with Gasteiger partial charge in [0, 0.05) is 17.6 Å². The maximum atomic E-state index is 12.2. The number of Topliss-reactive ketones (excluding diaryl/α,β-unsaturated/α-hetero) is 1. The second-order valence-electron chi connectivity index (χ2n) is 8.62. The molecule has 6 heteroatoms. The van der Waals surface area contributed by atoms with Crippen molar-refractivity contribution in [1.29, 1.82) is 0 Å². The Morgan fingerprint density at radius 2 is 1.62 bits per heavy atom. The molecule has 32 heavy (non-hydrogen) atoms. The van der Waals surface area contributed by atoms with Crippen LogP contribution in [0.5, 0.6) is 5.75 Å². The molecule has 1 aromatic carbocycles. The average Bonchev–Trinajstić information content (AvgIpc) is 2.67. The number of esters is 1. The van der Waals surface area contributed by atoms with Crippen molar-refractivity contribution in [3.63, 3.8) is 0 Å². The molecule has 176 valence electrons. The Morgan fingerprint density at radius 1 is 1.09 bits per heavy atom. The van der Waals surface area contributed by atoms with Crippen LogP contribution in [-0.2, 0) is 9.53 Å². The molecule has 0 radical (unpaired) electrons. The van der Waals surface area contributed by atoms with Crippen LogP contribution in [0.4, 0.5) is 0 Å². The van der Waals surface area contributed by atoms with Crippen molar-refractivity contribution in [2.24, 2.45) is 0 Å². The van der Waals surface area contributed by atoms with E-state index in [1.807, 2.05) is 13.8 Å². The van der Waals surface area contributed by atoms with Gasteiger partial charge < -0.3 is 14.8 Å². The molecule has 0 aliphatic rings. The third kappa shape index (κ3) is 15.1. The standard InChI is InChI=1S/C20H26O4.C6H15N.Li.H/c1-6-20(4,13-7-8-15(2)3)24-19(22)14-18(21)16-9-11-17(23-5)12-10-16;1-5(2)7-6(3)4;;/h6,8-12H,1,7,13-14H2,2-5H3;5-7H,1-4H3;;. The quantitative estimate of drug-likeness (QED) is 0.168. The van der Waals surface area contributed by atoms with Gasteiger partial charge in [-0.3, -0.25) is 9.59 Å². The van der Waals surface area contributed by atoms with E-state index in [4.69, 9.17) is 9.47 Å². The predicted octanol–water partition coefficient (Wildman–Crippen LogP) is 5.25.